The van der Waals surface area contributed by atoms with Gasteiger partial charge in [-0.1, -0.05) is 20.8 Å². The molecule has 4 nitrogen and oxygen atoms in total. The number of methoxy groups -OCH3 is 1. The average Bonchev–Trinajstić information content (AvgIpc) is 2.41. The molecule has 1 aromatic rings. The van der Waals surface area contributed by atoms with E-state index in [0.717, 1.165) is 11.5 Å². The van der Waals surface area contributed by atoms with Crippen molar-refractivity contribution in [1.82, 2.24) is 5.32 Å². The van der Waals surface area contributed by atoms with E-state index >= 15 is 0 Å². The molecular formula is C15H23NO3S. The van der Waals surface area contributed by atoms with E-state index in [2.05, 4.69) is 26.1 Å². The Balaban J connectivity index is 2.19. The van der Waals surface area contributed by atoms with Gasteiger partial charge in [0.1, 0.15) is 11.5 Å². The number of rotatable bonds is 7. The van der Waals surface area contributed by atoms with Gasteiger partial charge < -0.3 is 14.8 Å². The molecule has 0 fully saturated rings. The molecule has 0 saturated heterocycles. The zero-order valence-electron chi connectivity index (χ0n) is 12.6. The molecule has 5 heteroatoms. The molecule has 0 atom stereocenters. The Morgan fingerprint density at radius 1 is 1.20 bits per heavy atom. The Labute approximate surface area is 125 Å². The first-order chi connectivity index (χ1) is 9.40. The van der Waals surface area contributed by atoms with Crippen molar-refractivity contribution in [3.05, 3.63) is 24.3 Å². The number of ether oxygens (including phenoxy) is 2. The van der Waals surface area contributed by atoms with Gasteiger partial charge in [-0.05, 0) is 24.3 Å². The van der Waals surface area contributed by atoms with Gasteiger partial charge in [-0.2, -0.15) is 11.8 Å². The van der Waals surface area contributed by atoms with E-state index in [1.54, 1.807) is 31.4 Å². The summed E-state index contributed by atoms with van der Waals surface area (Å²) in [5, 5.41) is 2.84. The summed E-state index contributed by atoms with van der Waals surface area (Å²) in [6, 6.07) is 7.16. The maximum absolute atomic E-state index is 11.6. The molecule has 0 aromatic heterocycles. The monoisotopic (exact) mass is 297 g/mol. The first-order valence-corrected chi connectivity index (χ1v) is 7.57. The fourth-order valence-electron chi connectivity index (χ4n) is 1.42. The molecule has 0 aliphatic carbocycles. The molecule has 0 aliphatic heterocycles. The van der Waals surface area contributed by atoms with Crippen molar-refractivity contribution in [2.24, 2.45) is 0 Å². The van der Waals surface area contributed by atoms with Crippen LogP contribution < -0.4 is 14.8 Å². The number of amides is 1. The van der Waals surface area contributed by atoms with Crippen LogP contribution in [-0.2, 0) is 4.79 Å². The van der Waals surface area contributed by atoms with Gasteiger partial charge in [0.15, 0.2) is 6.61 Å². The minimum Gasteiger partial charge on any atom is -0.497 e. The third-order valence-electron chi connectivity index (χ3n) is 2.39. The van der Waals surface area contributed by atoms with Crippen LogP contribution in [0.15, 0.2) is 24.3 Å². The zero-order valence-corrected chi connectivity index (χ0v) is 13.4. The normalized spacial score (nSPS) is 11.0. The number of nitrogens with one attached hydrogen (secondary N) is 1. The molecule has 112 valence electrons. The van der Waals surface area contributed by atoms with Crippen molar-refractivity contribution < 1.29 is 14.3 Å². The lowest BCUT2D eigenvalue weighted by molar-refractivity contribution is -0.122. The van der Waals surface area contributed by atoms with Gasteiger partial charge in [0.2, 0.25) is 0 Å². The Morgan fingerprint density at radius 3 is 2.35 bits per heavy atom. The second kappa shape index (κ2) is 8.04. The Bertz CT molecular complexity index is 412. The topological polar surface area (TPSA) is 47.6 Å². The third kappa shape index (κ3) is 7.28. The predicted octanol–water partition coefficient (Wildman–Crippen LogP) is 2.72. The smallest absolute Gasteiger partial charge is 0.257 e. The molecule has 20 heavy (non-hydrogen) atoms. The summed E-state index contributed by atoms with van der Waals surface area (Å²) in [6.07, 6.45) is 0. The van der Waals surface area contributed by atoms with E-state index in [4.69, 9.17) is 9.47 Å². The van der Waals surface area contributed by atoms with E-state index in [9.17, 15) is 4.79 Å². The summed E-state index contributed by atoms with van der Waals surface area (Å²) < 4.78 is 10.7. The number of hydrogen-bond donors (Lipinski definition) is 1. The number of benzene rings is 1. The largest absolute Gasteiger partial charge is 0.497 e. The molecule has 0 saturated carbocycles. The summed E-state index contributed by atoms with van der Waals surface area (Å²) >= 11 is 1.82. The number of hydrogen-bond acceptors (Lipinski definition) is 4. The zero-order chi connectivity index (χ0) is 15.0. The van der Waals surface area contributed by atoms with E-state index < -0.39 is 0 Å². The average molecular weight is 297 g/mol. The van der Waals surface area contributed by atoms with Gasteiger partial charge in [-0.25, -0.2) is 0 Å². The van der Waals surface area contributed by atoms with Gasteiger partial charge in [0.25, 0.3) is 5.91 Å². The minimum absolute atomic E-state index is 0.0342. The molecule has 0 spiro atoms. The lowest BCUT2D eigenvalue weighted by atomic mass is 10.3. The molecule has 0 radical (unpaired) electrons. The minimum atomic E-state index is -0.102. The Hall–Kier alpha value is -1.36. The van der Waals surface area contributed by atoms with Gasteiger partial charge in [0, 0.05) is 17.0 Å². The lowest BCUT2D eigenvalue weighted by Gasteiger charge is -2.17. The quantitative estimate of drug-likeness (QED) is 0.786. The van der Waals surface area contributed by atoms with Crippen molar-refractivity contribution in [2.45, 2.75) is 25.5 Å². The molecule has 0 bridgehead atoms. The predicted molar refractivity (Wildman–Crippen MR) is 83.7 cm³/mol. The number of thioether (sulfide) groups is 1. The van der Waals surface area contributed by atoms with Crippen LogP contribution in [0.3, 0.4) is 0 Å². The summed E-state index contributed by atoms with van der Waals surface area (Å²) in [5.74, 6) is 2.22. The van der Waals surface area contributed by atoms with Gasteiger partial charge in [-0.15, -0.1) is 0 Å². The van der Waals surface area contributed by atoms with E-state index in [-0.39, 0.29) is 17.3 Å². The maximum atomic E-state index is 11.6. The SMILES string of the molecule is COc1ccc(OCC(=O)NCCSC(C)(C)C)cc1. The molecule has 0 unspecified atom stereocenters. The highest BCUT2D eigenvalue weighted by Gasteiger charge is 2.10. The highest BCUT2D eigenvalue weighted by Crippen LogP contribution is 2.22. The Kier molecular flexibility index (Phi) is 6.71. The van der Waals surface area contributed by atoms with Crippen LogP contribution in [-0.4, -0.2) is 36.7 Å². The van der Waals surface area contributed by atoms with E-state index in [0.29, 0.717) is 12.3 Å². The van der Waals surface area contributed by atoms with E-state index in [1.165, 1.54) is 0 Å². The Morgan fingerprint density at radius 2 is 1.80 bits per heavy atom. The number of carbonyl (C=O) groups excluding carboxylic acids is 1. The fourth-order valence-corrected chi connectivity index (χ4v) is 2.24. The molecule has 0 aliphatic rings. The van der Waals surface area contributed by atoms with Gasteiger partial charge in [0.05, 0.1) is 7.11 Å². The molecule has 1 aromatic carbocycles. The lowest BCUT2D eigenvalue weighted by Crippen LogP contribution is -2.31. The van der Waals surface area contributed by atoms with Crippen LogP contribution in [0.25, 0.3) is 0 Å². The molecule has 1 amide bonds. The van der Waals surface area contributed by atoms with Crippen LogP contribution in [0, 0.1) is 0 Å². The molecular weight excluding hydrogens is 274 g/mol. The van der Waals surface area contributed by atoms with Crippen molar-refractivity contribution >= 4 is 17.7 Å². The molecule has 1 N–H and O–H groups in total. The van der Waals surface area contributed by atoms with Gasteiger partial charge >= 0.3 is 0 Å². The maximum Gasteiger partial charge on any atom is 0.257 e. The number of carbonyl (C=O) groups is 1. The van der Waals surface area contributed by atoms with Crippen molar-refractivity contribution in [1.29, 1.82) is 0 Å². The van der Waals surface area contributed by atoms with Crippen molar-refractivity contribution in [3.63, 3.8) is 0 Å². The van der Waals surface area contributed by atoms with Gasteiger partial charge in [-0.3, -0.25) is 4.79 Å². The highest BCUT2D eigenvalue weighted by molar-refractivity contribution is 8.00. The van der Waals surface area contributed by atoms with Crippen LogP contribution in [0.2, 0.25) is 0 Å². The van der Waals surface area contributed by atoms with Crippen LogP contribution >= 0.6 is 11.8 Å². The second-order valence-electron chi connectivity index (χ2n) is 5.27. The molecule has 0 heterocycles. The summed E-state index contributed by atoms with van der Waals surface area (Å²) in [6.45, 7) is 7.17. The van der Waals surface area contributed by atoms with Crippen molar-refractivity contribution in [2.75, 3.05) is 26.0 Å². The summed E-state index contributed by atoms with van der Waals surface area (Å²) in [7, 11) is 1.61. The molecule has 1 rings (SSSR count). The first kappa shape index (κ1) is 16.7. The summed E-state index contributed by atoms with van der Waals surface area (Å²) in [4.78, 5) is 11.6. The first-order valence-electron chi connectivity index (χ1n) is 6.58. The van der Waals surface area contributed by atoms with Crippen LogP contribution in [0.5, 0.6) is 11.5 Å². The second-order valence-corrected chi connectivity index (χ2v) is 7.20. The highest BCUT2D eigenvalue weighted by atomic mass is 32.2. The standard InChI is InChI=1S/C15H23NO3S/c1-15(2,3)20-10-9-16-14(17)11-19-13-7-5-12(18-4)6-8-13/h5-8H,9-11H2,1-4H3,(H,16,17). The van der Waals surface area contributed by atoms with Crippen molar-refractivity contribution in [3.8, 4) is 11.5 Å². The van der Waals surface area contributed by atoms with Crippen LogP contribution in [0.4, 0.5) is 0 Å². The van der Waals surface area contributed by atoms with Crippen LogP contribution in [0.1, 0.15) is 20.8 Å². The van der Waals surface area contributed by atoms with E-state index in [1.807, 2.05) is 11.8 Å². The third-order valence-corrected chi connectivity index (χ3v) is 3.66. The summed E-state index contributed by atoms with van der Waals surface area (Å²) in [5.41, 5.74) is 0. The fraction of sp³-hybridized carbons (Fsp3) is 0.533.